The number of allylic oxidation sites excluding steroid dienone is 1. The maximum Gasteiger partial charge on any atom is 0.256 e. The highest BCUT2D eigenvalue weighted by Gasteiger charge is 2.36. The predicted molar refractivity (Wildman–Crippen MR) is 142 cm³/mol. The van der Waals surface area contributed by atoms with E-state index in [1.54, 1.807) is 10.7 Å². The Morgan fingerprint density at radius 2 is 1.94 bits per heavy atom. The zero-order valence-electron chi connectivity index (χ0n) is 18.9. The van der Waals surface area contributed by atoms with Crippen LogP contribution >= 0.6 is 39.3 Å². The van der Waals surface area contributed by atoms with Crippen LogP contribution < -0.4 is 10.6 Å². The number of carbonyl (C=O) groups is 1. The maximum atomic E-state index is 13.5. The molecule has 2 aromatic heterocycles. The molecule has 0 spiro atoms. The zero-order chi connectivity index (χ0) is 24.5. The van der Waals surface area contributed by atoms with Gasteiger partial charge in [0, 0.05) is 22.2 Å². The van der Waals surface area contributed by atoms with Gasteiger partial charge in [-0.1, -0.05) is 59.8 Å². The number of benzene rings is 2. The molecule has 1 aliphatic heterocycles. The van der Waals surface area contributed by atoms with E-state index in [2.05, 4.69) is 31.5 Å². The third kappa shape index (κ3) is 4.89. The van der Waals surface area contributed by atoms with Crippen LogP contribution in [0, 0.1) is 6.92 Å². The van der Waals surface area contributed by atoms with Crippen molar-refractivity contribution in [1.29, 1.82) is 0 Å². The average Bonchev–Trinajstić information content (AvgIpc) is 3.44. The molecule has 2 aromatic carbocycles. The number of anilines is 2. The topological polar surface area (TPSA) is 85.0 Å². The molecule has 0 bridgehead atoms. The van der Waals surface area contributed by atoms with Crippen LogP contribution in [-0.2, 0) is 10.5 Å². The minimum Gasteiger partial charge on any atom is -0.452 e. The Balaban J connectivity index is 1.48. The van der Waals surface area contributed by atoms with Gasteiger partial charge in [0.2, 0.25) is 11.1 Å². The first-order valence-electron chi connectivity index (χ1n) is 10.8. The van der Waals surface area contributed by atoms with Crippen molar-refractivity contribution in [3.8, 4) is 0 Å². The number of fused-ring (bicyclic) bond motifs is 1. The third-order valence-electron chi connectivity index (χ3n) is 5.65. The summed E-state index contributed by atoms with van der Waals surface area (Å²) in [5.74, 6) is 1.48. The summed E-state index contributed by atoms with van der Waals surface area (Å²) in [6, 6.07) is 18.4. The van der Waals surface area contributed by atoms with Gasteiger partial charge < -0.3 is 15.1 Å². The van der Waals surface area contributed by atoms with Gasteiger partial charge in [0.25, 0.3) is 5.91 Å². The summed E-state index contributed by atoms with van der Waals surface area (Å²) in [5.41, 5.74) is 3.89. The number of hydrogen-bond acceptors (Lipinski definition) is 6. The number of nitrogens with one attached hydrogen (secondary N) is 2. The molecule has 0 saturated heterocycles. The van der Waals surface area contributed by atoms with Crippen molar-refractivity contribution < 1.29 is 9.21 Å². The first-order valence-corrected chi connectivity index (χ1v) is 13.0. The fraction of sp³-hybridized carbons (Fsp3) is 0.160. The van der Waals surface area contributed by atoms with Crippen LogP contribution in [0.5, 0.6) is 0 Å². The van der Waals surface area contributed by atoms with Gasteiger partial charge in [0.05, 0.1) is 5.57 Å². The minimum absolute atomic E-state index is 0.242. The summed E-state index contributed by atoms with van der Waals surface area (Å²) >= 11 is 11.2. The number of hydrogen-bond donors (Lipinski definition) is 2. The summed E-state index contributed by atoms with van der Waals surface area (Å²) in [6.45, 7) is 3.81. The second-order valence-corrected chi connectivity index (χ2v) is 10.2. The molecule has 10 heteroatoms. The molecular formula is C25H21BrClN5O2S. The van der Waals surface area contributed by atoms with E-state index in [0.29, 0.717) is 43.6 Å². The molecule has 1 aliphatic rings. The molecule has 1 atom stereocenters. The molecule has 2 N–H and O–H groups in total. The summed E-state index contributed by atoms with van der Waals surface area (Å²) in [6.07, 6.45) is 0. The average molecular weight is 571 g/mol. The van der Waals surface area contributed by atoms with E-state index in [4.69, 9.17) is 21.1 Å². The van der Waals surface area contributed by atoms with Crippen molar-refractivity contribution in [2.45, 2.75) is 30.8 Å². The van der Waals surface area contributed by atoms with Gasteiger partial charge in [0.15, 0.2) is 4.67 Å². The SMILES string of the molecule is CC1=C(C(=O)Nc2ccccc2C)C(c2ccc(Br)o2)n2nc(SCc3ccccc3Cl)nc2N1. The molecule has 0 fully saturated rings. The number of para-hydroxylation sites is 1. The monoisotopic (exact) mass is 569 g/mol. The normalized spacial score (nSPS) is 15.0. The minimum atomic E-state index is -0.594. The van der Waals surface area contributed by atoms with Gasteiger partial charge >= 0.3 is 0 Å². The van der Waals surface area contributed by atoms with Gasteiger partial charge in [-0.2, -0.15) is 4.98 Å². The van der Waals surface area contributed by atoms with E-state index >= 15 is 0 Å². The Morgan fingerprint density at radius 3 is 2.69 bits per heavy atom. The number of aryl methyl sites for hydroxylation is 1. The number of amides is 1. The van der Waals surface area contributed by atoms with Crippen LogP contribution in [0.15, 0.2) is 86.2 Å². The standard InChI is InChI=1S/C25H21BrClN5O2S/c1-14-7-3-6-10-18(14)29-23(33)21-15(2)28-24-30-25(35-13-16-8-4-5-9-17(16)27)31-32(24)22(21)19-11-12-20(26)34-19/h3-12,22H,13H2,1-2H3,(H,29,33)(H,28,30,31). The van der Waals surface area contributed by atoms with Gasteiger partial charge in [-0.15, -0.1) is 5.10 Å². The molecule has 0 radical (unpaired) electrons. The van der Waals surface area contributed by atoms with Gasteiger partial charge in [0.1, 0.15) is 11.8 Å². The van der Waals surface area contributed by atoms with Gasteiger partial charge in [-0.05, 0) is 65.2 Å². The summed E-state index contributed by atoms with van der Waals surface area (Å²) in [4.78, 5) is 18.2. The highest BCUT2D eigenvalue weighted by Crippen LogP contribution is 2.38. The second kappa shape index (κ2) is 9.93. The molecule has 3 heterocycles. The molecule has 5 rings (SSSR count). The molecule has 0 aliphatic carbocycles. The molecular weight excluding hydrogens is 550 g/mol. The largest absolute Gasteiger partial charge is 0.452 e. The molecule has 1 amide bonds. The molecule has 4 aromatic rings. The van der Waals surface area contributed by atoms with Crippen LogP contribution in [0.2, 0.25) is 5.02 Å². The summed E-state index contributed by atoms with van der Waals surface area (Å²) in [7, 11) is 0. The van der Waals surface area contributed by atoms with E-state index in [-0.39, 0.29) is 5.91 Å². The first-order chi connectivity index (χ1) is 16.9. The van der Waals surface area contributed by atoms with Crippen molar-refractivity contribution in [2.24, 2.45) is 0 Å². The lowest BCUT2D eigenvalue weighted by molar-refractivity contribution is -0.113. The lowest BCUT2D eigenvalue weighted by Gasteiger charge is -2.27. The van der Waals surface area contributed by atoms with Crippen LogP contribution in [-0.4, -0.2) is 20.7 Å². The molecule has 178 valence electrons. The van der Waals surface area contributed by atoms with Crippen LogP contribution in [0.4, 0.5) is 11.6 Å². The second-order valence-electron chi connectivity index (χ2n) is 8.02. The highest BCUT2D eigenvalue weighted by molar-refractivity contribution is 9.10. The van der Waals surface area contributed by atoms with Crippen molar-refractivity contribution >= 4 is 56.8 Å². The lowest BCUT2D eigenvalue weighted by atomic mass is 10.00. The van der Waals surface area contributed by atoms with Gasteiger partial charge in [-0.25, -0.2) is 4.68 Å². The van der Waals surface area contributed by atoms with Crippen molar-refractivity contribution in [3.05, 3.63) is 98.5 Å². The molecule has 35 heavy (non-hydrogen) atoms. The Kier molecular flexibility index (Phi) is 6.73. The van der Waals surface area contributed by atoms with E-state index < -0.39 is 6.04 Å². The molecule has 0 saturated carbocycles. The fourth-order valence-corrected chi connectivity index (χ4v) is 5.32. The van der Waals surface area contributed by atoms with E-state index in [9.17, 15) is 4.79 Å². The molecule has 7 nitrogen and oxygen atoms in total. The van der Waals surface area contributed by atoms with Crippen molar-refractivity contribution in [1.82, 2.24) is 14.8 Å². The first kappa shape index (κ1) is 23.7. The lowest BCUT2D eigenvalue weighted by Crippen LogP contribution is -2.31. The number of carbonyl (C=O) groups excluding carboxylic acids is 1. The van der Waals surface area contributed by atoms with Crippen LogP contribution in [0.1, 0.15) is 29.9 Å². The zero-order valence-corrected chi connectivity index (χ0v) is 22.0. The number of rotatable bonds is 6. The smallest absolute Gasteiger partial charge is 0.256 e. The fourth-order valence-electron chi connectivity index (χ4n) is 3.89. The Bertz CT molecular complexity index is 1450. The van der Waals surface area contributed by atoms with Crippen molar-refractivity contribution in [2.75, 3.05) is 10.6 Å². The quantitative estimate of drug-likeness (QED) is 0.248. The summed E-state index contributed by atoms with van der Waals surface area (Å²) in [5, 5.41) is 12.3. The Morgan fingerprint density at radius 1 is 1.17 bits per heavy atom. The Labute approximate surface area is 220 Å². The van der Waals surface area contributed by atoms with E-state index in [0.717, 1.165) is 16.8 Å². The molecule has 1 unspecified atom stereocenters. The maximum absolute atomic E-state index is 13.5. The number of aromatic nitrogens is 3. The number of halogens is 2. The van der Waals surface area contributed by atoms with Crippen molar-refractivity contribution in [3.63, 3.8) is 0 Å². The number of nitrogens with zero attached hydrogens (tertiary/aromatic N) is 3. The highest BCUT2D eigenvalue weighted by atomic mass is 79.9. The third-order valence-corrected chi connectivity index (χ3v) is 7.33. The predicted octanol–water partition coefficient (Wildman–Crippen LogP) is 6.82. The van der Waals surface area contributed by atoms with E-state index in [1.165, 1.54) is 11.8 Å². The summed E-state index contributed by atoms with van der Waals surface area (Å²) < 4.78 is 8.16. The van der Waals surface area contributed by atoms with E-state index in [1.807, 2.05) is 68.4 Å². The van der Waals surface area contributed by atoms with Gasteiger partial charge in [-0.3, -0.25) is 4.79 Å². The number of furan rings is 1. The van der Waals surface area contributed by atoms with Crippen LogP contribution in [0.25, 0.3) is 0 Å². The van der Waals surface area contributed by atoms with Crippen LogP contribution in [0.3, 0.4) is 0 Å². The Hall–Kier alpha value is -3.01. The number of thioether (sulfide) groups is 1.